The molecule has 3 heteroatoms. The Labute approximate surface area is 53.3 Å². The third kappa shape index (κ3) is 3.46. The highest BCUT2D eigenvalue weighted by atomic mass is 16.6. The van der Waals surface area contributed by atoms with E-state index in [9.17, 15) is 9.59 Å². The number of ether oxygens (including phenoxy) is 1. The molecule has 0 aliphatic heterocycles. The van der Waals surface area contributed by atoms with Crippen molar-refractivity contribution >= 4 is 11.8 Å². The maximum absolute atomic E-state index is 10.3. The Balaban J connectivity index is 3.51. The number of rotatable bonds is 3. The zero-order valence-corrected chi connectivity index (χ0v) is 5.22. The summed E-state index contributed by atoms with van der Waals surface area (Å²) in [6.07, 6.45) is 1.40. The van der Waals surface area contributed by atoms with E-state index >= 15 is 0 Å². The molecule has 0 radical (unpaired) electrons. The van der Waals surface area contributed by atoms with E-state index < -0.39 is 11.8 Å². The summed E-state index contributed by atoms with van der Waals surface area (Å²) >= 11 is 0. The van der Waals surface area contributed by atoms with Crippen molar-refractivity contribution in [1.29, 1.82) is 0 Å². The third-order valence-electron chi connectivity index (χ3n) is 0.620. The van der Waals surface area contributed by atoms with E-state index in [0.29, 0.717) is 0 Å². The van der Waals surface area contributed by atoms with E-state index in [1.807, 2.05) is 0 Å². The Hall–Kier alpha value is -1.12. The van der Waals surface area contributed by atoms with Crippen molar-refractivity contribution in [2.45, 2.75) is 6.92 Å². The lowest BCUT2D eigenvalue weighted by atomic mass is 10.6. The van der Waals surface area contributed by atoms with Crippen LogP contribution in [0.4, 0.5) is 0 Å². The van der Waals surface area contributed by atoms with Gasteiger partial charge in [0.05, 0.1) is 0 Å². The van der Waals surface area contributed by atoms with Gasteiger partial charge >= 0.3 is 5.97 Å². The molecule has 0 fully saturated rings. The highest BCUT2D eigenvalue weighted by Gasteiger charge is 2.05. The van der Waals surface area contributed by atoms with Crippen molar-refractivity contribution in [2.24, 2.45) is 0 Å². The molecular formula is C6H8O3. The molecule has 0 saturated heterocycles. The fourth-order valence-electron chi connectivity index (χ4n) is 0.236. The zero-order valence-electron chi connectivity index (χ0n) is 5.22. The van der Waals surface area contributed by atoms with Crippen LogP contribution in [0.1, 0.15) is 6.92 Å². The molecule has 0 N–H and O–H groups in total. The minimum Gasteiger partial charge on any atom is -0.456 e. The van der Waals surface area contributed by atoms with Crippen LogP contribution in [0.5, 0.6) is 0 Å². The standard InChI is InChI=1S/C6H8O3/c1-3-4-9-6(8)5(2)7/h3H,1,4H2,2H3/i6+1. The molecule has 0 aromatic heterocycles. The highest BCUT2D eigenvalue weighted by molar-refractivity contribution is 6.32. The van der Waals surface area contributed by atoms with Crippen LogP contribution in [0.2, 0.25) is 0 Å². The molecular weight excluding hydrogens is 121 g/mol. The van der Waals surface area contributed by atoms with Gasteiger partial charge < -0.3 is 4.74 Å². The van der Waals surface area contributed by atoms with Crippen molar-refractivity contribution in [3.63, 3.8) is 0 Å². The van der Waals surface area contributed by atoms with Crippen LogP contribution in [-0.4, -0.2) is 18.4 Å². The van der Waals surface area contributed by atoms with Crippen molar-refractivity contribution in [1.82, 2.24) is 0 Å². The lowest BCUT2D eigenvalue weighted by Crippen LogP contribution is -2.13. The second-order valence-electron chi connectivity index (χ2n) is 1.44. The van der Waals surface area contributed by atoms with Crippen LogP contribution in [-0.2, 0) is 14.3 Å². The van der Waals surface area contributed by atoms with E-state index in [4.69, 9.17) is 0 Å². The first kappa shape index (κ1) is 7.88. The van der Waals surface area contributed by atoms with E-state index in [0.717, 1.165) is 6.92 Å². The Morgan fingerprint density at radius 2 is 2.22 bits per heavy atom. The lowest BCUT2D eigenvalue weighted by molar-refractivity contribution is -0.151. The molecule has 0 atom stereocenters. The van der Waals surface area contributed by atoms with Gasteiger partial charge in [-0.05, 0) is 0 Å². The first-order valence-electron chi connectivity index (χ1n) is 2.47. The maximum atomic E-state index is 10.3. The SMILES string of the molecule is C=CCO[13C](=O)C(C)=O. The summed E-state index contributed by atoms with van der Waals surface area (Å²) in [5.74, 6) is -1.40. The van der Waals surface area contributed by atoms with Gasteiger partial charge in [-0.1, -0.05) is 12.7 Å². The van der Waals surface area contributed by atoms with Gasteiger partial charge in [0, 0.05) is 6.92 Å². The quantitative estimate of drug-likeness (QED) is 0.238. The fraction of sp³-hybridized carbons (Fsp3) is 0.333. The molecule has 0 bridgehead atoms. The van der Waals surface area contributed by atoms with Gasteiger partial charge in [-0.3, -0.25) is 4.79 Å². The molecule has 3 nitrogen and oxygen atoms in total. The van der Waals surface area contributed by atoms with Crippen molar-refractivity contribution in [3.05, 3.63) is 12.7 Å². The molecule has 0 rings (SSSR count). The van der Waals surface area contributed by atoms with E-state index in [-0.39, 0.29) is 6.61 Å². The smallest absolute Gasteiger partial charge is 0.374 e. The molecule has 0 aromatic rings. The van der Waals surface area contributed by atoms with Gasteiger partial charge in [0.25, 0.3) is 0 Å². The summed E-state index contributed by atoms with van der Waals surface area (Å²) in [7, 11) is 0. The van der Waals surface area contributed by atoms with Gasteiger partial charge in [-0.15, -0.1) is 0 Å². The zero-order chi connectivity index (χ0) is 7.28. The molecule has 0 aliphatic rings. The Bertz CT molecular complexity index is 137. The molecule has 0 amide bonds. The van der Waals surface area contributed by atoms with Crippen molar-refractivity contribution in [3.8, 4) is 0 Å². The predicted octanol–water partition coefficient (Wildman–Crippen LogP) is 0.305. The number of carbonyl (C=O) groups excluding carboxylic acids is 2. The number of carbonyl (C=O) groups is 2. The molecule has 0 aliphatic carbocycles. The van der Waals surface area contributed by atoms with Crippen LogP contribution in [0.3, 0.4) is 0 Å². The molecule has 0 heterocycles. The van der Waals surface area contributed by atoms with Crippen LogP contribution in [0.25, 0.3) is 0 Å². The average molecular weight is 129 g/mol. The molecule has 0 saturated carbocycles. The summed E-state index contributed by atoms with van der Waals surface area (Å²) in [4.78, 5) is 20.4. The Kier molecular flexibility index (Phi) is 3.35. The average Bonchev–Trinajstić information content (AvgIpc) is 1.82. The largest absolute Gasteiger partial charge is 0.456 e. The topological polar surface area (TPSA) is 43.4 Å². The summed E-state index contributed by atoms with van der Waals surface area (Å²) in [6.45, 7) is 4.56. The normalized spacial score (nSPS) is 8.11. The molecule has 50 valence electrons. The van der Waals surface area contributed by atoms with Crippen LogP contribution < -0.4 is 0 Å². The van der Waals surface area contributed by atoms with Crippen LogP contribution in [0.15, 0.2) is 12.7 Å². The van der Waals surface area contributed by atoms with Crippen LogP contribution in [0, 0.1) is 0 Å². The van der Waals surface area contributed by atoms with Gasteiger partial charge in [0.15, 0.2) is 0 Å². The Morgan fingerprint density at radius 3 is 2.56 bits per heavy atom. The third-order valence-corrected chi connectivity index (χ3v) is 0.620. The second kappa shape index (κ2) is 3.83. The minimum atomic E-state index is -0.810. The summed E-state index contributed by atoms with van der Waals surface area (Å²) in [5.41, 5.74) is 0. The molecule has 0 aromatic carbocycles. The number of ketones is 1. The first-order chi connectivity index (χ1) is 4.18. The predicted molar refractivity (Wildman–Crippen MR) is 31.8 cm³/mol. The van der Waals surface area contributed by atoms with Gasteiger partial charge in [0.1, 0.15) is 6.61 Å². The highest BCUT2D eigenvalue weighted by Crippen LogP contribution is 1.79. The fourth-order valence-corrected chi connectivity index (χ4v) is 0.236. The maximum Gasteiger partial charge on any atom is 0.374 e. The molecule has 0 spiro atoms. The van der Waals surface area contributed by atoms with E-state index in [1.54, 1.807) is 0 Å². The second-order valence-corrected chi connectivity index (χ2v) is 1.44. The number of hydrogen-bond acceptors (Lipinski definition) is 3. The summed E-state index contributed by atoms with van der Waals surface area (Å²) in [6, 6.07) is 0. The molecule has 9 heavy (non-hydrogen) atoms. The minimum absolute atomic E-state index is 0.0956. The lowest BCUT2D eigenvalue weighted by Gasteiger charge is -1.94. The first-order valence-corrected chi connectivity index (χ1v) is 2.47. The van der Waals surface area contributed by atoms with Gasteiger partial charge in [0.2, 0.25) is 5.78 Å². The van der Waals surface area contributed by atoms with E-state index in [1.165, 1.54) is 6.08 Å². The Morgan fingerprint density at radius 1 is 1.67 bits per heavy atom. The van der Waals surface area contributed by atoms with Crippen molar-refractivity contribution in [2.75, 3.05) is 6.61 Å². The van der Waals surface area contributed by atoms with E-state index in [2.05, 4.69) is 11.3 Å². The molecule has 0 unspecified atom stereocenters. The van der Waals surface area contributed by atoms with Gasteiger partial charge in [-0.2, -0.15) is 0 Å². The monoisotopic (exact) mass is 129 g/mol. The number of Topliss-reactive ketones (excluding diaryl/α,β-unsaturated/α-hetero) is 1. The number of esters is 1. The number of hydrogen-bond donors (Lipinski definition) is 0. The van der Waals surface area contributed by atoms with Gasteiger partial charge in [-0.25, -0.2) is 4.79 Å². The summed E-state index contributed by atoms with van der Waals surface area (Å²) in [5, 5.41) is 0. The van der Waals surface area contributed by atoms with Crippen molar-refractivity contribution < 1.29 is 14.3 Å². The van der Waals surface area contributed by atoms with Crippen LogP contribution >= 0.6 is 0 Å². The summed E-state index contributed by atoms with van der Waals surface area (Å²) < 4.78 is 4.35.